The normalized spacial score (nSPS) is 17.9. The number of carbonyl (C=O) groups excluding carboxylic acids is 1. The van der Waals surface area contributed by atoms with E-state index in [0.29, 0.717) is 13.0 Å². The summed E-state index contributed by atoms with van der Waals surface area (Å²) in [6, 6.07) is 6.51. The summed E-state index contributed by atoms with van der Waals surface area (Å²) in [6.07, 6.45) is 1.31. The average molecular weight is 364 g/mol. The zero-order chi connectivity index (χ0) is 19.2. The van der Waals surface area contributed by atoms with Crippen molar-refractivity contribution in [3.8, 4) is 0 Å². The third kappa shape index (κ3) is 5.78. The highest BCUT2D eigenvalue weighted by Gasteiger charge is 2.30. The van der Waals surface area contributed by atoms with E-state index in [4.69, 9.17) is 0 Å². The zero-order valence-corrected chi connectivity index (χ0v) is 16.7. The molecule has 0 spiro atoms. The molecule has 1 aromatic carbocycles. The Morgan fingerprint density at radius 2 is 1.77 bits per heavy atom. The van der Waals surface area contributed by atoms with Crippen LogP contribution in [0.2, 0.25) is 0 Å². The minimum Gasteiger partial charge on any atom is -0.354 e. The van der Waals surface area contributed by atoms with Crippen LogP contribution in [-0.2, 0) is 4.79 Å². The van der Waals surface area contributed by atoms with Gasteiger partial charge in [-0.2, -0.15) is 0 Å². The van der Waals surface area contributed by atoms with Crippen LogP contribution in [-0.4, -0.2) is 60.5 Å². The number of piperazine rings is 1. The van der Waals surface area contributed by atoms with E-state index in [0.717, 1.165) is 44.7 Å². The van der Waals surface area contributed by atoms with Gasteiger partial charge < -0.3 is 10.2 Å². The van der Waals surface area contributed by atoms with Crippen molar-refractivity contribution in [2.75, 3.05) is 39.3 Å². The number of hydrogen-bond acceptors (Lipinski definition) is 3. The SMILES string of the molecule is CCC(CC(=O)NCC(C)(C)N1CCN(CC)CC1)c1ccc(F)cc1. The van der Waals surface area contributed by atoms with Crippen molar-refractivity contribution in [3.63, 3.8) is 0 Å². The van der Waals surface area contributed by atoms with E-state index in [1.54, 1.807) is 12.1 Å². The van der Waals surface area contributed by atoms with Gasteiger partial charge in [-0.15, -0.1) is 0 Å². The lowest BCUT2D eigenvalue weighted by Gasteiger charge is -2.44. The molecule has 1 amide bonds. The molecule has 26 heavy (non-hydrogen) atoms. The maximum atomic E-state index is 13.1. The Balaban J connectivity index is 1.83. The summed E-state index contributed by atoms with van der Waals surface area (Å²) in [5.41, 5.74) is 0.978. The molecule has 0 aromatic heterocycles. The fourth-order valence-electron chi connectivity index (χ4n) is 3.62. The van der Waals surface area contributed by atoms with Gasteiger partial charge in [-0.1, -0.05) is 26.0 Å². The van der Waals surface area contributed by atoms with Crippen LogP contribution >= 0.6 is 0 Å². The van der Waals surface area contributed by atoms with Gasteiger partial charge in [-0.25, -0.2) is 4.39 Å². The topological polar surface area (TPSA) is 35.6 Å². The Labute approximate surface area is 157 Å². The third-order valence-corrected chi connectivity index (χ3v) is 5.66. The van der Waals surface area contributed by atoms with Crippen LogP contribution in [0.25, 0.3) is 0 Å². The number of hydrogen-bond donors (Lipinski definition) is 1. The van der Waals surface area contributed by atoms with Crippen molar-refractivity contribution in [1.29, 1.82) is 0 Å². The lowest BCUT2D eigenvalue weighted by Crippen LogP contribution is -2.58. The minimum atomic E-state index is -0.238. The molecule has 146 valence electrons. The Bertz CT molecular complexity index is 565. The molecule has 1 aliphatic heterocycles. The molecule has 2 rings (SSSR count). The van der Waals surface area contributed by atoms with Crippen molar-refractivity contribution in [2.45, 2.75) is 52.0 Å². The number of halogens is 1. The standard InChI is InChI=1S/C21H34FN3O/c1-5-17(18-7-9-19(22)10-8-18)15-20(26)23-16-21(3,4)25-13-11-24(6-2)12-14-25/h7-10,17H,5-6,11-16H2,1-4H3,(H,23,26). The average Bonchev–Trinajstić information content (AvgIpc) is 2.65. The molecule has 1 fully saturated rings. The lowest BCUT2D eigenvalue weighted by atomic mass is 9.92. The molecule has 0 radical (unpaired) electrons. The predicted octanol–water partition coefficient (Wildman–Crippen LogP) is 3.24. The van der Waals surface area contributed by atoms with Crippen molar-refractivity contribution >= 4 is 5.91 Å². The number of amides is 1. The molecule has 1 saturated heterocycles. The van der Waals surface area contributed by atoms with Gasteiger partial charge in [0.25, 0.3) is 0 Å². The molecule has 1 N–H and O–H groups in total. The molecule has 1 aromatic rings. The van der Waals surface area contributed by atoms with Crippen molar-refractivity contribution in [2.24, 2.45) is 0 Å². The maximum Gasteiger partial charge on any atom is 0.220 e. The number of carbonyl (C=O) groups is 1. The molecular formula is C21H34FN3O. The second-order valence-corrected chi connectivity index (χ2v) is 7.87. The number of rotatable bonds is 8. The van der Waals surface area contributed by atoms with Gasteiger partial charge in [0.1, 0.15) is 5.82 Å². The smallest absolute Gasteiger partial charge is 0.220 e. The van der Waals surface area contributed by atoms with Crippen LogP contribution in [0.5, 0.6) is 0 Å². The van der Waals surface area contributed by atoms with Gasteiger partial charge >= 0.3 is 0 Å². The van der Waals surface area contributed by atoms with Crippen LogP contribution in [0.1, 0.15) is 52.0 Å². The molecule has 1 unspecified atom stereocenters. The summed E-state index contributed by atoms with van der Waals surface area (Å²) in [6.45, 7) is 14.7. The van der Waals surface area contributed by atoms with Crippen molar-refractivity contribution < 1.29 is 9.18 Å². The van der Waals surface area contributed by atoms with Gasteiger partial charge in [-0.3, -0.25) is 9.69 Å². The predicted molar refractivity (Wildman–Crippen MR) is 105 cm³/mol. The summed E-state index contributed by atoms with van der Waals surface area (Å²) < 4.78 is 13.1. The molecule has 4 nitrogen and oxygen atoms in total. The van der Waals surface area contributed by atoms with Gasteiger partial charge in [0.15, 0.2) is 0 Å². The Morgan fingerprint density at radius 3 is 2.31 bits per heavy atom. The van der Waals surface area contributed by atoms with Crippen LogP contribution in [0, 0.1) is 5.82 Å². The highest BCUT2D eigenvalue weighted by molar-refractivity contribution is 5.77. The van der Waals surface area contributed by atoms with Crippen LogP contribution < -0.4 is 5.32 Å². The number of nitrogens with one attached hydrogen (secondary N) is 1. The molecule has 0 saturated carbocycles. The summed E-state index contributed by atoms with van der Waals surface area (Å²) >= 11 is 0. The van der Waals surface area contributed by atoms with E-state index in [1.807, 2.05) is 0 Å². The van der Waals surface area contributed by atoms with E-state index < -0.39 is 0 Å². The van der Waals surface area contributed by atoms with E-state index >= 15 is 0 Å². The largest absolute Gasteiger partial charge is 0.354 e. The Hall–Kier alpha value is -1.46. The second-order valence-electron chi connectivity index (χ2n) is 7.87. The van der Waals surface area contributed by atoms with Crippen LogP contribution in [0.4, 0.5) is 4.39 Å². The summed E-state index contributed by atoms with van der Waals surface area (Å²) in [4.78, 5) is 17.4. The monoisotopic (exact) mass is 363 g/mol. The first-order chi connectivity index (χ1) is 12.4. The zero-order valence-electron chi connectivity index (χ0n) is 16.7. The molecule has 1 atom stereocenters. The highest BCUT2D eigenvalue weighted by atomic mass is 19.1. The summed E-state index contributed by atoms with van der Waals surface area (Å²) in [5.74, 6) is -0.0359. The van der Waals surface area contributed by atoms with E-state index in [1.165, 1.54) is 12.1 Å². The van der Waals surface area contributed by atoms with Gasteiger partial charge in [0.05, 0.1) is 0 Å². The number of nitrogens with zero attached hydrogens (tertiary/aromatic N) is 2. The molecule has 1 heterocycles. The van der Waals surface area contributed by atoms with Crippen molar-refractivity contribution in [1.82, 2.24) is 15.1 Å². The van der Waals surface area contributed by atoms with Crippen molar-refractivity contribution in [3.05, 3.63) is 35.6 Å². The highest BCUT2D eigenvalue weighted by Crippen LogP contribution is 2.23. The lowest BCUT2D eigenvalue weighted by molar-refractivity contribution is -0.122. The van der Waals surface area contributed by atoms with E-state index in [2.05, 4.69) is 42.8 Å². The maximum absolute atomic E-state index is 13.1. The molecular weight excluding hydrogens is 329 g/mol. The number of likely N-dealkylation sites (N-methyl/N-ethyl adjacent to an activating group) is 1. The van der Waals surface area contributed by atoms with Crippen LogP contribution in [0.15, 0.2) is 24.3 Å². The fourth-order valence-corrected chi connectivity index (χ4v) is 3.62. The van der Waals surface area contributed by atoms with E-state index in [-0.39, 0.29) is 23.2 Å². The third-order valence-electron chi connectivity index (χ3n) is 5.66. The second kappa shape index (κ2) is 9.47. The molecule has 0 bridgehead atoms. The fraction of sp³-hybridized carbons (Fsp3) is 0.667. The summed E-state index contributed by atoms with van der Waals surface area (Å²) in [7, 11) is 0. The van der Waals surface area contributed by atoms with E-state index in [9.17, 15) is 9.18 Å². The Kier molecular flexibility index (Phi) is 7.59. The molecule has 0 aliphatic carbocycles. The minimum absolute atomic E-state index is 0.0485. The van der Waals surface area contributed by atoms with Gasteiger partial charge in [0, 0.05) is 44.7 Å². The first-order valence-electron chi connectivity index (χ1n) is 9.85. The van der Waals surface area contributed by atoms with Crippen LogP contribution in [0.3, 0.4) is 0 Å². The summed E-state index contributed by atoms with van der Waals surface area (Å²) in [5, 5.41) is 3.12. The molecule has 5 heteroatoms. The number of benzene rings is 1. The van der Waals surface area contributed by atoms with Gasteiger partial charge in [0.2, 0.25) is 5.91 Å². The first-order valence-corrected chi connectivity index (χ1v) is 9.85. The first kappa shape index (κ1) is 20.8. The van der Waals surface area contributed by atoms with Gasteiger partial charge in [-0.05, 0) is 50.4 Å². The Morgan fingerprint density at radius 1 is 1.15 bits per heavy atom. The molecule has 1 aliphatic rings. The quantitative estimate of drug-likeness (QED) is 0.770.